The summed E-state index contributed by atoms with van der Waals surface area (Å²) in [5, 5.41) is 0. The van der Waals surface area contributed by atoms with Crippen LogP contribution in [0.3, 0.4) is 0 Å². The van der Waals surface area contributed by atoms with Crippen molar-refractivity contribution in [2.45, 2.75) is 6.92 Å². The number of hydrogen-bond donors (Lipinski definition) is 1. The van der Waals surface area contributed by atoms with E-state index in [4.69, 9.17) is 5.73 Å². The largest absolute Gasteiger partial charge is 0.399 e. The van der Waals surface area contributed by atoms with Crippen LogP contribution in [0.5, 0.6) is 0 Å². The van der Waals surface area contributed by atoms with E-state index in [0.717, 1.165) is 18.8 Å². The highest BCUT2D eigenvalue weighted by atomic mass is 15.2. The molecule has 2 N–H and O–H groups in total. The first-order valence-corrected chi connectivity index (χ1v) is 5.22. The lowest BCUT2D eigenvalue weighted by atomic mass is 10.1. The highest BCUT2D eigenvalue weighted by Gasteiger charge is 2.04. The van der Waals surface area contributed by atoms with Crippen LogP contribution >= 0.6 is 0 Å². The summed E-state index contributed by atoms with van der Waals surface area (Å²) in [6, 6.07) is 6.05. The zero-order valence-corrected chi connectivity index (χ0v) is 10.1. The maximum absolute atomic E-state index is 5.72. The van der Waals surface area contributed by atoms with Crippen LogP contribution in [0.2, 0.25) is 0 Å². The number of nitrogens with two attached hydrogens (primary N) is 1. The molecule has 0 bridgehead atoms. The average molecular weight is 207 g/mol. The molecule has 1 aromatic rings. The molecule has 0 aliphatic rings. The SMILES string of the molecule is Cc1cc(N)ccc1N(C)CCN(C)C. The smallest absolute Gasteiger partial charge is 0.0395 e. The molecular weight excluding hydrogens is 186 g/mol. The van der Waals surface area contributed by atoms with E-state index in [1.54, 1.807) is 0 Å². The van der Waals surface area contributed by atoms with Gasteiger partial charge in [0, 0.05) is 31.5 Å². The molecule has 0 radical (unpaired) electrons. The van der Waals surface area contributed by atoms with Gasteiger partial charge in [0.1, 0.15) is 0 Å². The third-order valence-electron chi connectivity index (χ3n) is 2.51. The molecule has 0 saturated heterocycles. The highest BCUT2D eigenvalue weighted by Crippen LogP contribution is 2.20. The lowest BCUT2D eigenvalue weighted by molar-refractivity contribution is 0.416. The topological polar surface area (TPSA) is 32.5 Å². The third-order valence-corrected chi connectivity index (χ3v) is 2.51. The summed E-state index contributed by atoms with van der Waals surface area (Å²) in [5.41, 5.74) is 9.04. The van der Waals surface area contributed by atoms with Crippen molar-refractivity contribution in [2.75, 3.05) is 44.9 Å². The first-order chi connectivity index (χ1) is 7.00. The Kier molecular flexibility index (Phi) is 3.97. The number of aryl methyl sites for hydroxylation is 1. The quantitative estimate of drug-likeness (QED) is 0.761. The number of benzene rings is 1. The van der Waals surface area contributed by atoms with Gasteiger partial charge in [-0.15, -0.1) is 0 Å². The maximum atomic E-state index is 5.72. The van der Waals surface area contributed by atoms with Crippen molar-refractivity contribution in [2.24, 2.45) is 0 Å². The Morgan fingerprint density at radius 1 is 1.13 bits per heavy atom. The number of anilines is 2. The van der Waals surface area contributed by atoms with Gasteiger partial charge in [0.25, 0.3) is 0 Å². The molecule has 1 aromatic carbocycles. The molecule has 3 heteroatoms. The number of nitrogens with zero attached hydrogens (tertiary/aromatic N) is 2. The van der Waals surface area contributed by atoms with Gasteiger partial charge in [0.2, 0.25) is 0 Å². The summed E-state index contributed by atoms with van der Waals surface area (Å²) < 4.78 is 0. The van der Waals surface area contributed by atoms with Crippen LogP contribution in [-0.2, 0) is 0 Å². The molecule has 1 rings (SSSR count). The van der Waals surface area contributed by atoms with Crippen LogP contribution < -0.4 is 10.6 Å². The second kappa shape index (κ2) is 5.03. The third kappa shape index (κ3) is 3.44. The van der Waals surface area contributed by atoms with Crippen molar-refractivity contribution in [3.8, 4) is 0 Å². The summed E-state index contributed by atoms with van der Waals surface area (Å²) in [5.74, 6) is 0. The standard InChI is InChI=1S/C12H21N3/c1-10-9-11(13)5-6-12(10)15(4)8-7-14(2)3/h5-6,9H,7-8,13H2,1-4H3. The van der Waals surface area contributed by atoms with E-state index in [0.29, 0.717) is 0 Å². The van der Waals surface area contributed by atoms with Crippen molar-refractivity contribution in [1.29, 1.82) is 0 Å². The van der Waals surface area contributed by atoms with E-state index in [1.165, 1.54) is 11.3 Å². The molecule has 0 unspecified atom stereocenters. The molecule has 0 spiro atoms. The zero-order chi connectivity index (χ0) is 11.4. The summed E-state index contributed by atoms with van der Waals surface area (Å²) >= 11 is 0. The fourth-order valence-electron chi connectivity index (χ4n) is 1.58. The first-order valence-electron chi connectivity index (χ1n) is 5.22. The molecule has 0 heterocycles. The van der Waals surface area contributed by atoms with E-state index in [9.17, 15) is 0 Å². The Balaban J connectivity index is 2.69. The van der Waals surface area contributed by atoms with Crippen LogP contribution in [0.15, 0.2) is 18.2 Å². The van der Waals surface area contributed by atoms with E-state index in [-0.39, 0.29) is 0 Å². The predicted octanol–water partition coefficient (Wildman–Crippen LogP) is 1.58. The van der Waals surface area contributed by atoms with E-state index < -0.39 is 0 Å². The Labute approximate surface area is 92.5 Å². The minimum Gasteiger partial charge on any atom is -0.399 e. The zero-order valence-electron chi connectivity index (χ0n) is 10.1. The van der Waals surface area contributed by atoms with Crippen LogP contribution in [0.1, 0.15) is 5.56 Å². The molecule has 0 amide bonds. The first kappa shape index (κ1) is 11.9. The van der Waals surface area contributed by atoms with Gasteiger partial charge >= 0.3 is 0 Å². The van der Waals surface area contributed by atoms with Crippen molar-refractivity contribution in [3.05, 3.63) is 23.8 Å². The molecule has 0 atom stereocenters. The molecular formula is C12H21N3. The average Bonchev–Trinajstić information content (AvgIpc) is 2.14. The second-order valence-corrected chi connectivity index (χ2v) is 4.27. The van der Waals surface area contributed by atoms with Gasteiger partial charge in [0.05, 0.1) is 0 Å². The Morgan fingerprint density at radius 3 is 2.33 bits per heavy atom. The van der Waals surface area contributed by atoms with E-state index in [1.807, 2.05) is 12.1 Å². The van der Waals surface area contributed by atoms with Gasteiger partial charge < -0.3 is 15.5 Å². The molecule has 3 nitrogen and oxygen atoms in total. The Morgan fingerprint density at radius 2 is 1.80 bits per heavy atom. The maximum Gasteiger partial charge on any atom is 0.0395 e. The lowest BCUT2D eigenvalue weighted by Crippen LogP contribution is -2.28. The van der Waals surface area contributed by atoms with Crippen LogP contribution in [0.25, 0.3) is 0 Å². The number of hydrogen-bond acceptors (Lipinski definition) is 3. The van der Waals surface area contributed by atoms with Crippen LogP contribution in [0, 0.1) is 6.92 Å². The number of rotatable bonds is 4. The van der Waals surface area contributed by atoms with Gasteiger partial charge in [-0.2, -0.15) is 0 Å². The normalized spacial score (nSPS) is 10.7. The molecule has 0 fully saturated rings. The van der Waals surface area contributed by atoms with Gasteiger partial charge in [-0.3, -0.25) is 0 Å². The highest BCUT2D eigenvalue weighted by molar-refractivity contribution is 5.58. The molecule has 15 heavy (non-hydrogen) atoms. The van der Waals surface area contributed by atoms with Crippen molar-refractivity contribution < 1.29 is 0 Å². The second-order valence-electron chi connectivity index (χ2n) is 4.27. The molecule has 84 valence electrons. The van der Waals surface area contributed by atoms with Crippen molar-refractivity contribution in [1.82, 2.24) is 4.90 Å². The molecule has 0 aromatic heterocycles. The minimum absolute atomic E-state index is 0.831. The van der Waals surface area contributed by atoms with Crippen molar-refractivity contribution >= 4 is 11.4 Å². The van der Waals surface area contributed by atoms with Crippen LogP contribution in [-0.4, -0.2) is 39.1 Å². The lowest BCUT2D eigenvalue weighted by Gasteiger charge is -2.23. The monoisotopic (exact) mass is 207 g/mol. The summed E-state index contributed by atoms with van der Waals surface area (Å²) in [6.45, 7) is 4.18. The molecule has 0 aliphatic heterocycles. The molecule has 0 aliphatic carbocycles. The van der Waals surface area contributed by atoms with Crippen LogP contribution in [0.4, 0.5) is 11.4 Å². The minimum atomic E-state index is 0.831. The van der Waals surface area contributed by atoms with E-state index >= 15 is 0 Å². The van der Waals surface area contributed by atoms with Gasteiger partial charge in [0.15, 0.2) is 0 Å². The van der Waals surface area contributed by atoms with Crippen molar-refractivity contribution in [3.63, 3.8) is 0 Å². The number of nitrogen functional groups attached to an aromatic ring is 1. The van der Waals surface area contributed by atoms with Gasteiger partial charge in [-0.1, -0.05) is 0 Å². The Hall–Kier alpha value is -1.22. The fourth-order valence-corrected chi connectivity index (χ4v) is 1.58. The Bertz CT molecular complexity index is 321. The molecule has 0 saturated carbocycles. The van der Waals surface area contributed by atoms with E-state index in [2.05, 4.69) is 43.9 Å². The van der Waals surface area contributed by atoms with Gasteiger partial charge in [-0.25, -0.2) is 0 Å². The fraction of sp³-hybridized carbons (Fsp3) is 0.500. The summed E-state index contributed by atoms with van der Waals surface area (Å²) in [6.07, 6.45) is 0. The number of likely N-dealkylation sites (N-methyl/N-ethyl adjacent to an activating group) is 2. The summed E-state index contributed by atoms with van der Waals surface area (Å²) in [4.78, 5) is 4.44. The van der Waals surface area contributed by atoms with Gasteiger partial charge in [-0.05, 0) is 44.8 Å². The summed E-state index contributed by atoms with van der Waals surface area (Å²) in [7, 11) is 6.29. The predicted molar refractivity (Wildman–Crippen MR) is 67.4 cm³/mol.